The summed E-state index contributed by atoms with van der Waals surface area (Å²) in [7, 11) is 0. The summed E-state index contributed by atoms with van der Waals surface area (Å²) in [6.45, 7) is 0. The van der Waals surface area contributed by atoms with Gasteiger partial charge < -0.3 is 4.84 Å². The molecule has 0 radical (unpaired) electrons. The lowest BCUT2D eigenvalue weighted by Gasteiger charge is -2.04. The quantitative estimate of drug-likeness (QED) is 0.553. The fourth-order valence-corrected chi connectivity index (χ4v) is 0.940. The summed E-state index contributed by atoms with van der Waals surface area (Å²) in [6, 6.07) is 7.17. The molecular formula is C8H8N2O3. The molecule has 0 bridgehead atoms. The van der Waals surface area contributed by atoms with Crippen molar-refractivity contribution >= 4 is 5.97 Å². The minimum atomic E-state index is -1.17. The second kappa shape index (κ2) is 4.32. The molecule has 13 heavy (non-hydrogen) atoms. The third kappa shape index (κ3) is 2.09. The number of nitroso groups, excluding NO2 is 1. The van der Waals surface area contributed by atoms with Crippen LogP contribution in [0.2, 0.25) is 0 Å². The van der Waals surface area contributed by atoms with Gasteiger partial charge in [0.2, 0.25) is 6.04 Å². The lowest BCUT2D eigenvalue weighted by Crippen LogP contribution is -2.17. The molecule has 0 spiro atoms. The lowest BCUT2D eigenvalue weighted by atomic mass is 10.1. The van der Waals surface area contributed by atoms with E-state index in [1.807, 2.05) is 0 Å². The van der Waals surface area contributed by atoms with Crippen molar-refractivity contribution in [3.8, 4) is 0 Å². The van der Waals surface area contributed by atoms with E-state index in [9.17, 15) is 9.70 Å². The molecule has 1 aromatic carbocycles. The minimum Gasteiger partial charge on any atom is -0.371 e. The molecule has 1 aromatic rings. The normalized spacial score (nSPS) is 11.8. The van der Waals surface area contributed by atoms with Crippen LogP contribution in [0.25, 0.3) is 0 Å². The van der Waals surface area contributed by atoms with Gasteiger partial charge in [-0.1, -0.05) is 30.3 Å². The third-order valence-electron chi connectivity index (χ3n) is 1.56. The van der Waals surface area contributed by atoms with E-state index in [0.29, 0.717) is 5.56 Å². The first-order valence-electron chi connectivity index (χ1n) is 3.57. The van der Waals surface area contributed by atoms with Crippen molar-refractivity contribution in [1.29, 1.82) is 0 Å². The molecule has 0 saturated carbocycles. The van der Waals surface area contributed by atoms with E-state index >= 15 is 0 Å². The molecule has 0 aliphatic carbocycles. The number of carbonyl (C=O) groups excluding carboxylic acids is 1. The number of hydrogen-bond acceptors (Lipinski definition) is 5. The molecule has 2 N–H and O–H groups in total. The monoisotopic (exact) mass is 180 g/mol. The van der Waals surface area contributed by atoms with Crippen LogP contribution < -0.4 is 5.90 Å². The molecule has 0 saturated heterocycles. The Bertz CT molecular complexity index is 300. The second-order valence-electron chi connectivity index (χ2n) is 2.36. The van der Waals surface area contributed by atoms with Crippen LogP contribution in [0.1, 0.15) is 11.6 Å². The van der Waals surface area contributed by atoms with Gasteiger partial charge in [0.05, 0.1) is 0 Å². The first-order chi connectivity index (χ1) is 6.29. The average Bonchev–Trinajstić information content (AvgIpc) is 2.20. The molecule has 0 aromatic heterocycles. The largest absolute Gasteiger partial charge is 0.371 e. The number of carbonyl (C=O) groups is 1. The van der Waals surface area contributed by atoms with Crippen molar-refractivity contribution in [2.45, 2.75) is 6.04 Å². The maximum atomic E-state index is 10.9. The van der Waals surface area contributed by atoms with Crippen molar-refractivity contribution in [2.75, 3.05) is 0 Å². The first kappa shape index (κ1) is 9.34. The molecule has 1 rings (SSSR count). The van der Waals surface area contributed by atoms with E-state index in [1.54, 1.807) is 30.3 Å². The Morgan fingerprint density at radius 2 is 2.00 bits per heavy atom. The van der Waals surface area contributed by atoms with E-state index in [2.05, 4.69) is 15.9 Å². The number of benzene rings is 1. The molecule has 0 aliphatic heterocycles. The van der Waals surface area contributed by atoms with Crippen LogP contribution in [0.15, 0.2) is 35.5 Å². The van der Waals surface area contributed by atoms with Gasteiger partial charge in [0, 0.05) is 0 Å². The Hall–Kier alpha value is -1.75. The Morgan fingerprint density at radius 1 is 1.38 bits per heavy atom. The maximum Gasteiger partial charge on any atom is 0.357 e. The van der Waals surface area contributed by atoms with E-state index in [1.165, 1.54) is 0 Å². The van der Waals surface area contributed by atoms with Gasteiger partial charge in [-0.05, 0) is 10.7 Å². The highest BCUT2D eigenvalue weighted by Gasteiger charge is 2.22. The minimum absolute atomic E-state index is 0.466. The first-order valence-corrected chi connectivity index (χ1v) is 3.57. The van der Waals surface area contributed by atoms with E-state index < -0.39 is 12.0 Å². The zero-order valence-corrected chi connectivity index (χ0v) is 6.71. The summed E-state index contributed by atoms with van der Waals surface area (Å²) in [4.78, 5) is 25.1. The molecule has 0 heterocycles. The Morgan fingerprint density at radius 3 is 2.46 bits per heavy atom. The summed E-state index contributed by atoms with van der Waals surface area (Å²) in [5.41, 5.74) is 0.466. The van der Waals surface area contributed by atoms with Gasteiger partial charge in [0.25, 0.3) is 0 Å². The van der Waals surface area contributed by atoms with Crippen LogP contribution in [0.4, 0.5) is 0 Å². The molecule has 5 heteroatoms. The Kier molecular flexibility index (Phi) is 3.10. The van der Waals surface area contributed by atoms with Crippen LogP contribution >= 0.6 is 0 Å². The van der Waals surface area contributed by atoms with Crippen molar-refractivity contribution in [3.05, 3.63) is 40.8 Å². The topological polar surface area (TPSA) is 81.8 Å². The molecule has 0 amide bonds. The standard InChI is InChI=1S/C8H8N2O3/c9-13-8(11)7(10-12)6-4-2-1-3-5-6/h1-5,7H,9H2/t7-/m1/s1. The van der Waals surface area contributed by atoms with Crippen LogP contribution in [0.5, 0.6) is 0 Å². The van der Waals surface area contributed by atoms with Gasteiger partial charge in [-0.25, -0.2) is 4.79 Å². The number of nitrogens with zero attached hydrogens (tertiary/aromatic N) is 1. The number of rotatable bonds is 3. The lowest BCUT2D eigenvalue weighted by molar-refractivity contribution is -0.145. The molecule has 5 nitrogen and oxygen atoms in total. The molecule has 0 aliphatic rings. The molecule has 0 fully saturated rings. The smallest absolute Gasteiger partial charge is 0.357 e. The Labute approximate surface area is 74.4 Å². The van der Waals surface area contributed by atoms with Gasteiger partial charge in [-0.3, -0.25) is 0 Å². The van der Waals surface area contributed by atoms with Crippen LogP contribution in [0.3, 0.4) is 0 Å². The van der Waals surface area contributed by atoms with E-state index in [-0.39, 0.29) is 0 Å². The zero-order valence-electron chi connectivity index (χ0n) is 6.71. The second-order valence-corrected chi connectivity index (χ2v) is 2.36. The maximum absolute atomic E-state index is 10.9. The Balaban J connectivity index is 2.91. The summed E-state index contributed by atoms with van der Waals surface area (Å²) >= 11 is 0. The SMILES string of the molecule is NOC(=O)[C@H](N=O)c1ccccc1. The highest BCUT2D eigenvalue weighted by molar-refractivity contribution is 5.77. The van der Waals surface area contributed by atoms with E-state index in [0.717, 1.165) is 0 Å². The zero-order chi connectivity index (χ0) is 9.68. The highest BCUT2D eigenvalue weighted by atomic mass is 16.7. The van der Waals surface area contributed by atoms with Gasteiger partial charge in [0.1, 0.15) is 0 Å². The predicted octanol–water partition coefficient (Wildman–Crippen LogP) is 0.911. The van der Waals surface area contributed by atoms with Gasteiger partial charge in [0.15, 0.2) is 0 Å². The van der Waals surface area contributed by atoms with Crippen molar-refractivity contribution in [2.24, 2.45) is 11.1 Å². The summed E-state index contributed by atoms with van der Waals surface area (Å²) < 4.78 is 0. The van der Waals surface area contributed by atoms with Crippen LogP contribution in [-0.4, -0.2) is 5.97 Å². The fourth-order valence-electron chi connectivity index (χ4n) is 0.940. The van der Waals surface area contributed by atoms with Crippen LogP contribution in [-0.2, 0) is 9.63 Å². The summed E-state index contributed by atoms with van der Waals surface area (Å²) in [5, 5.41) is 2.62. The third-order valence-corrected chi connectivity index (χ3v) is 1.56. The fraction of sp³-hybridized carbons (Fsp3) is 0.125. The molecular weight excluding hydrogens is 172 g/mol. The number of hydrogen-bond donors (Lipinski definition) is 1. The average molecular weight is 180 g/mol. The van der Waals surface area contributed by atoms with Crippen LogP contribution in [0, 0.1) is 4.91 Å². The van der Waals surface area contributed by atoms with Crippen molar-refractivity contribution in [3.63, 3.8) is 0 Å². The summed E-state index contributed by atoms with van der Waals surface area (Å²) in [5.74, 6) is 3.78. The van der Waals surface area contributed by atoms with Gasteiger partial charge >= 0.3 is 5.97 Å². The van der Waals surface area contributed by atoms with Crippen molar-refractivity contribution < 1.29 is 9.63 Å². The predicted molar refractivity (Wildman–Crippen MR) is 45.3 cm³/mol. The van der Waals surface area contributed by atoms with Gasteiger partial charge in [-0.15, -0.1) is 4.91 Å². The molecule has 1 atom stereocenters. The van der Waals surface area contributed by atoms with Crippen molar-refractivity contribution in [1.82, 2.24) is 0 Å². The molecule has 68 valence electrons. The van der Waals surface area contributed by atoms with Gasteiger partial charge in [-0.2, -0.15) is 5.90 Å². The molecule has 0 unspecified atom stereocenters. The highest BCUT2D eigenvalue weighted by Crippen LogP contribution is 2.17. The van der Waals surface area contributed by atoms with E-state index in [4.69, 9.17) is 0 Å². The summed E-state index contributed by atoms with van der Waals surface area (Å²) in [6.07, 6.45) is 0. The number of nitrogens with two attached hydrogens (primary N) is 1.